The fourth-order valence-electron chi connectivity index (χ4n) is 4.99. The van der Waals surface area contributed by atoms with Gasteiger partial charge in [-0.15, -0.1) is 0 Å². The molecule has 1 saturated heterocycles. The van der Waals surface area contributed by atoms with Crippen LogP contribution in [0, 0.1) is 5.92 Å². The highest BCUT2D eigenvalue weighted by molar-refractivity contribution is 6.04. The van der Waals surface area contributed by atoms with Gasteiger partial charge in [-0.2, -0.15) is 5.10 Å². The number of esters is 1. The third-order valence-corrected chi connectivity index (χ3v) is 7.55. The molecule has 0 saturated carbocycles. The van der Waals surface area contributed by atoms with E-state index in [0.717, 1.165) is 62.3 Å². The number of hydrogen-bond donors (Lipinski definition) is 1. The van der Waals surface area contributed by atoms with Crippen LogP contribution in [0.1, 0.15) is 73.4 Å². The number of hydrogen-bond acceptors (Lipinski definition) is 7. The molecule has 2 heterocycles. The summed E-state index contributed by atoms with van der Waals surface area (Å²) in [5, 5.41) is 9.61. The number of carbonyl (C=O) groups is 2. The first-order valence-electron chi connectivity index (χ1n) is 14.8. The maximum atomic E-state index is 12.9. The highest BCUT2D eigenvalue weighted by Crippen LogP contribution is 2.30. The molecule has 1 fully saturated rings. The zero-order chi connectivity index (χ0) is 28.2. The average Bonchev–Trinajstić information content (AvgIpc) is 2.97. The summed E-state index contributed by atoms with van der Waals surface area (Å²) in [5.41, 5.74) is 3.26. The van der Waals surface area contributed by atoms with Crippen LogP contribution >= 0.6 is 0 Å². The average molecular weight is 549 g/mol. The molecular formula is C32H44N4O4. The zero-order valence-electron chi connectivity index (χ0n) is 24.1. The molecule has 1 N–H and O–H groups in total. The van der Waals surface area contributed by atoms with Gasteiger partial charge in [-0.25, -0.2) is 0 Å². The number of unbranched alkanes of at least 4 members (excludes halogenated alkanes) is 5. The van der Waals surface area contributed by atoms with Gasteiger partial charge in [-0.1, -0.05) is 57.2 Å². The molecule has 0 aliphatic carbocycles. The van der Waals surface area contributed by atoms with Gasteiger partial charge < -0.3 is 19.7 Å². The van der Waals surface area contributed by atoms with Crippen LogP contribution in [0.15, 0.2) is 47.6 Å². The standard InChI is InChI=1S/C32H44N4O4/c1-3-4-5-6-7-8-19-39-31(37)21-26-20-27-11-12-28(22-30(27)40-24-26)32(38)34-29-13-9-25(10-14-29)23-33-36-17-15-35(2)16-18-36/h9-14,22-23,26H,3-8,15-21,24H2,1-2H3,(H,34,38)/b33-23+. The quantitative estimate of drug-likeness (QED) is 0.206. The van der Waals surface area contributed by atoms with Gasteiger partial charge in [0.2, 0.25) is 0 Å². The molecule has 4 rings (SSSR count). The molecule has 2 aliphatic heterocycles. The number of fused-ring (bicyclic) bond motifs is 1. The molecule has 0 bridgehead atoms. The number of amides is 1. The van der Waals surface area contributed by atoms with Crippen molar-refractivity contribution in [3.05, 3.63) is 59.2 Å². The summed E-state index contributed by atoms with van der Waals surface area (Å²) in [6.07, 6.45) is 9.97. The van der Waals surface area contributed by atoms with Gasteiger partial charge in [0, 0.05) is 43.3 Å². The monoisotopic (exact) mass is 548 g/mol. The SMILES string of the molecule is CCCCCCCCOC(=O)CC1COc2cc(C(=O)Nc3ccc(/C=N/N4CCN(C)CC4)cc3)ccc2C1. The Hall–Kier alpha value is -3.39. The molecule has 1 atom stereocenters. The highest BCUT2D eigenvalue weighted by Gasteiger charge is 2.24. The minimum absolute atomic E-state index is 0.0857. The lowest BCUT2D eigenvalue weighted by Crippen LogP contribution is -2.41. The molecule has 2 aromatic rings. The molecule has 0 radical (unpaired) electrons. The Bertz CT molecular complexity index is 1130. The fraction of sp³-hybridized carbons (Fsp3) is 0.531. The third kappa shape index (κ3) is 9.37. The van der Waals surface area contributed by atoms with Crippen LogP contribution in [0.2, 0.25) is 0 Å². The van der Waals surface area contributed by atoms with E-state index in [0.29, 0.717) is 30.9 Å². The van der Waals surface area contributed by atoms with Gasteiger partial charge >= 0.3 is 5.97 Å². The highest BCUT2D eigenvalue weighted by atomic mass is 16.5. The van der Waals surface area contributed by atoms with Crippen LogP contribution in [0.4, 0.5) is 5.69 Å². The maximum Gasteiger partial charge on any atom is 0.306 e. The fourth-order valence-corrected chi connectivity index (χ4v) is 4.99. The second-order valence-electron chi connectivity index (χ2n) is 11.0. The number of nitrogens with zero attached hydrogens (tertiary/aromatic N) is 3. The van der Waals surface area contributed by atoms with E-state index in [1.54, 1.807) is 6.07 Å². The molecule has 1 amide bonds. The molecule has 2 aromatic carbocycles. The van der Waals surface area contributed by atoms with Gasteiger partial charge in [-0.3, -0.25) is 14.6 Å². The van der Waals surface area contributed by atoms with Crippen LogP contribution in [0.3, 0.4) is 0 Å². The molecule has 8 heteroatoms. The first-order chi connectivity index (χ1) is 19.5. The molecular weight excluding hydrogens is 504 g/mol. The second kappa shape index (κ2) is 15.4. The number of anilines is 1. The summed E-state index contributed by atoms with van der Waals surface area (Å²) < 4.78 is 11.4. The van der Waals surface area contributed by atoms with Crippen molar-refractivity contribution in [3.8, 4) is 5.75 Å². The number of nitrogens with one attached hydrogen (secondary N) is 1. The van der Waals surface area contributed by atoms with Crippen molar-refractivity contribution in [2.75, 3.05) is 51.8 Å². The normalized spacial score (nSPS) is 17.4. The Morgan fingerprint density at radius 2 is 1.77 bits per heavy atom. The van der Waals surface area contributed by atoms with Crippen LogP contribution in [-0.4, -0.2) is 74.4 Å². The smallest absolute Gasteiger partial charge is 0.306 e. The maximum absolute atomic E-state index is 12.9. The topological polar surface area (TPSA) is 83.5 Å². The van der Waals surface area contributed by atoms with Gasteiger partial charge in [0.15, 0.2) is 0 Å². The summed E-state index contributed by atoms with van der Waals surface area (Å²) in [4.78, 5) is 27.5. The molecule has 8 nitrogen and oxygen atoms in total. The van der Waals surface area contributed by atoms with E-state index in [1.165, 1.54) is 25.7 Å². The van der Waals surface area contributed by atoms with E-state index in [1.807, 2.05) is 42.6 Å². The van der Waals surface area contributed by atoms with E-state index < -0.39 is 0 Å². The Morgan fingerprint density at radius 1 is 1.02 bits per heavy atom. The van der Waals surface area contributed by atoms with Gasteiger partial charge in [0.05, 0.1) is 25.8 Å². The van der Waals surface area contributed by atoms with Crippen molar-refractivity contribution >= 4 is 23.8 Å². The van der Waals surface area contributed by atoms with Crippen LogP contribution in [0.5, 0.6) is 5.75 Å². The van der Waals surface area contributed by atoms with E-state index in [2.05, 4.69) is 34.3 Å². The summed E-state index contributed by atoms with van der Waals surface area (Å²) in [7, 11) is 2.12. The Labute approximate surface area is 238 Å². The second-order valence-corrected chi connectivity index (χ2v) is 11.0. The van der Waals surface area contributed by atoms with E-state index >= 15 is 0 Å². The van der Waals surface area contributed by atoms with Crippen molar-refractivity contribution < 1.29 is 19.1 Å². The number of ether oxygens (including phenoxy) is 2. The van der Waals surface area contributed by atoms with Crippen LogP contribution in [-0.2, 0) is 16.0 Å². The summed E-state index contributed by atoms with van der Waals surface area (Å²) in [5.74, 6) is 0.450. The molecule has 216 valence electrons. The lowest BCUT2D eigenvalue weighted by molar-refractivity contribution is -0.145. The Kier molecular flexibility index (Phi) is 11.4. The number of carbonyl (C=O) groups excluding carboxylic acids is 2. The number of piperazine rings is 1. The lowest BCUT2D eigenvalue weighted by Gasteiger charge is -2.30. The summed E-state index contributed by atoms with van der Waals surface area (Å²) in [6.45, 7) is 7.05. The van der Waals surface area contributed by atoms with Gasteiger partial charge in [-0.05, 0) is 55.3 Å². The van der Waals surface area contributed by atoms with E-state index in [4.69, 9.17) is 9.47 Å². The largest absolute Gasteiger partial charge is 0.493 e. The zero-order valence-corrected chi connectivity index (χ0v) is 24.1. The molecule has 0 spiro atoms. The minimum atomic E-state index is -0.189. The predicted octanol–water partition coefficient (Wildman–Crippen LogP) is 5.37. The van der Waals surface area contributed by atoms with Crippen molar-refractivity contribution in [2.24, 2.45) is 11.0 Å². The lowest BCUT2D eigenvalue weighted by atomic mass is 9.93. The third-order valence-electron chi connectivity index (χ3n) is 7.55. The Morgan fingerprint density at radius 3 is 2.55 bits per heavy atom. The van der Waals surface area contributed by atoms with Crippen molar-refractivity contribution in [3.63, 3.8) is 0 Å². The minimum Gasteiger partial charge on any atom is -0.493 e. The first kappa shape index (κ1) is 29.6. The number of hydrazone groups is 1. The van der Waals surface area contributed by atoms with Gasteiger partial charge in [0.25, 0.3) is 5.91 Å². The number of likely N-dealkylation sites (N-methyl/N-ethyl adjacent to an activating group) is 1. The van der Waals surface area contributed by atoms with Crippen molar-refractivity contribution in [2.45, 2.75) is 58.3 Å². The summed E-state index contributed by atoms with van der Waals surface area (Å²) in [6, 6.07) is 13.2. The Balaban J connectivity index is 1.20. The van der Waals surface area contributed by atoms with Gasteiger partial charge in [0.1, 0.15) is 5.75 Å². The van der Waals surface area contributed by atoms with Crippen molar-refractivity contribution in [1.82, 2.24) is 9.91 Å². The van der Waals surface area contributed by atoms with E-state index in [-0.39, 0.29) is 17.8 Å². The predicted molar refractivity (Wildman–Crippen MR) is 159 cm³/mol. The molecule has 1 unspecified atom stereocenters. The first-order valence-corrected chi connectivity index (χ1v) is 14.8. The molecule has 2 aliphatic rings. The van der Waals surface area contributed by atoms with E-state index in [9.17, 15) is 9.59 Å². The van der Waals surface area contributed by atoms with Crippen LogP contribution < -0.4 is 10.1 Å². The van der Waals surface area contributed by atoms with Crippen LogP contribution in [0.25, 0.3) is 0 Å². The summed E-state index contributed by atoms with van der Waals surface area (Å²) >= 11 is 0. The van der Waals surface area contributed by atoms with Crippen molar-refractivity contribution in [1.29, 1.82) is 0 Å². The number of benzene rings is 2. The number of rotatable bonds is 13. The molecule has 40 heavy (non-hydrogen) atoms. The molecule has 0 aromatic heterocycles.